The normalized spacial score (nSPS) is 10.3. The van der Waals surface area contributed by atoms with Crippen molar-refractivity contribution >= 4 is 28.3 Å². The summed E-state index contributed by atoms with van der Waals surface area (Å²) in [6.07, 6.45) is 1.50. The molecule has 9 heteroatoms. The van der Waals surface area contributed by atoms with Crippen LogP contribution in [0.25, 0.3) is 0 Å². The van der Waals surface area contributed by atoms with E-state index in [4.69, 9.17) is 0 Å². The fourth-order valence-corrected chi connectivity index (χ4v) is 2.15. The number of carbonyl (C=O) groups is 1. The van der Waals surface area contributed by atoms with Crippen LogP contribution in [0.1, 0.15) is 35.0 Å². The average molecular weight is 293 g/mol. The van der Waals surface area contributed by atoms with Gasteiger partial charge in [0.15, 0.2) is 0 Å². The van der Waals surface area contributed by atoms with E-state index in [1.165, 1.54) is 0 Å². The lowest BCUT2D eigenvalue weighted by Gasteiger charge is -2.05. The highest BCUT2D eigenvalue weighted by Crippen LogP contribution is 2.15. The molecular weight excluding hydrogens is 278 g/mol. The Morgan fingerprint density at radius 3 is 2.45 bits per heavy atom. The average Bonchev–Trinajstić information content (AvgIpc) is 2.96. The molecule has 0 saturated carbocycles. The number of rotatable bonds is 5. The molecule has 2 rings (SSSR count). The number of anilines is 2. The summed E-state index contributed by atoms with van der Waals surface area (Å²) in [5.74, 6) is -0.206. The Morgan fingerprint density at radius 1 is 1.10 bits per heavy atom. The third kappa shape index (κ3) is 3.05. The van der Waals surface area contributed by atoms with Crippen LogP contribution in [0.5, 0.6) is 0 Å². The van der Waals surface area contributed by atoms with Crippen LogP contribution in [-0.4, -0.2) is 38.3 Å². The molecule has 1 amide bonds. The monoisotopic (exact) mass is 293 g/mol. The smallest absolute Gasteiger partial charge is 0.289 e. The van der Waals surface area contributed by atoms with Gasteiger partial charge < -0.3 is 5.32 Å². The molecule has 106 valence electrons. The molecule has 2 aromatic rings. The van der Waals surface area contributed by atoms with Gasteiger partial charge in [-0.1, -0.05) is 25.2 Å². The maximum Gasteiger partial charge on any atom is 0.289 e. The van der Waals surface area contributed by atoms with Crippen molar-refractivity contribution in [3.8, 4) is 0 Å². The molecule has 0 aliphatic rings. The maximum atomic E-state index is 12.0. The first-order valence-electron chi connectivity index (χ1n) is 6.23. The van der Waals surface area contributed by atoms with Crippen molar-refractivity contribution in [3.05, 3.63) is 16.4 Å². The second-order valence-electron chi connectivity index (χ2n) is 3.85. The highest BCUT2D eigenvalue weighted by atomic mass is 32.1. The van der Waals surface area contributed by atoms with Gasteiger partial charge >= 0.3 is 0 Å². The Bertz CT molecular complexity index is 613. The molecule has 0 aliphatic carbocycles. The summed E-state index contributed by atoms with van der Waals surface area (Å²) in [5.41, 5.74) is 1.69. The Balaban J connectivity index is 2.15. The van der Waals surface area contributed by atoms with Crippen LogP contribution >= 0.6 is 11.3 Å². The van der Waals surface area contributed by atoms with Gasteiger partial charge in [-0.3, -0.25) is 10.1 Å². The van der Waals surface area contributed by atoms with E-state index in [0.717, 1.165) is 35.6 Å². The van der Waals surface area contributed by atoms with Crippen LogP contribution < -0.4 is 10.6 Å². The van der Waals surface area contributed by atoms with Gasteiger partial charge in [-0.05, 0) is 12.8 Å². The number of hydrogen-bond donors (Lipinski definition) is 2. The van der Waals surface area contributed by atoms with E-state index in [0.29, 0.717) is 5.13 Å². The molecule has 20 heavy (non-hydrogen) atoms. The molecule has 0 spiro atoms. The number of amides is 1. The molecular formula is C11H15N7OS. The third-order valence-electron chi connectivity index (χ3n) is 2.57. The van der Waals surface area contributed by atoms with Gasteiger partial charge in [0.25, 0.3) is 5.91 Å². The topological polar surface area (TPSA) is 106 Å². The highest BCUT2D eigenvalue weighted by molar-refractivity contribution is 7.17. The molecule has 0 saturated heterocycles. The van der Waals surface area contributed by atoms with E-state index in [1.54, 1.807) is 7.05 Å². The van der Waals surface area contributed by atoms with E-state index in [9.17, 15) is 4.79 Å². The van der Waals surface area contributed by atoms with E-state index >= 15 is 0 Å². The lowest BCUT2D eigenvalue weighted by molar-refractivity contribution is 0.102. The van der Waals surface area contributed by atoms with Crippen molar-refractivity contribution in [2.24, 2.45) is 0 Å². The van der Waals surface area contributed by atoms with Crippen LogP contribution in [0, 0.1) is 0 Å². The lowest BCUT2D eigenvalue weighted by Crippen LogP contribution is -2.16. The van der Waals surface area contributed by atoms with Gasteiger partial charge in [0, 0.05) is 7.05 Å². The zero-order valence-corrected chi connectivity index (χ0v) is 12.3. The Kier molecular flexibility index (Phi) is 4.51. The molecule has 0 fully saturated rings. The SMILES string of the molecule is CCc1nnc(NC(=O)c2nnc(NC)s2)nc1CC. The van der Waals surface area contributed by atoms with Crippen LogP contribution in [0.3, 0.4) is 0 Å². The first kappa shape index (κ1) is 14.3. The second-order valence-corrected chi connectivity index (χ2v) is 4.83. The summed E-state index contributed by atoms with van der Waals surface area (Å²) in [4.78, 5) is 16.2. The maximum absolute atomic E-state index is 12.0. The minimum atomic E-state index is -0.392. The Morgan fingerprint density at radius 2 is 1.85 bits per heavy atom. The molecule has 0 unspecified atom stereocenters. The van der Waals surface area contributed by atoms with Gasteiger partial charge in [-0.25, -0.2) is 4.98 Å². The predicted octanol–water partition coefficient (Wildman–Crippen LogP) is 1.14. The van der Waals surface area contributed by atoms with Crippen LogP contribution in [0.15, 0.2) is 0 Å². The van der Waals surface area contributed by atoms with E-state index in [1.807, 2.05) is 13.8 Å². The van der Waals surface area contributed by atoms with Crippen molar-refractivity contribution in [1.29, 1.82) is 0 Å². The number of aryl methyl sites for hydroxylation is 2. The lowest BCUT2D eigenvalue weighted by atomic mass is 10.2. The standard InChI is InChI=1S/C11H15N7OS/c1-4-6-7(5-2)15-17-10(13-6)14-8(19)9-16-18-11(12-3)20-9/h4-5H2,1-3H3,(H,12,18)(H,13,14,17,19). The van der Waals surface area contributed by atoms with Crippen molar-refractivity contribution in [2.75, 3.05) is 17.7 Å². The summed E-state index contributed by atoms with van der Waals surface area (Å²) >= 11 is 1.16. The summed E-state index contributed by atoms with van der Waals surface area (Å²) in [7, 11) is 1.71. The summed E-state index contributed by atoms with van der Waals surface area (Å²) in [6.45, 7) is 3.97. The van der Waals surface area contributed by atoms with Gasteiger partial charge in [-0.2, -0.15) is 0 Å². The van der Waals surface area contributed by atoms with Crippen molar-refractivity contribution in [1.82, 2.24) is 25.4 Å². The number of carbonyl (C=O) groups excluding carboxylic acids is 1. The van der Waals surface area contributed by atoms with Crippen LogP contribution in [-0.2, 0) is 12.8 Å². The molecule has 0 aliphatic heterocycles. The summed E-state index contributed by atoms with van der Waals surface area (Å²) in [5, 5.41) is 21.8. The molecule has 8 nitrogen and oxygen atoms in total. The minimum Gasteiger partial charge on any atom is -0.363 e. The van der Waals surface area contributed by atoms with Crippen molar-refractivity contribution < 1.29 is 4.79 Å². The summed E-state index contributed by atoms with van der Waals surface area (Å²) in [6, 6.07) is 0. The van der Waals surface area contributed by atoms with E-state index < -0.39 is 5.91 Å². The molecule has 2 N–H and O–H groups in total. The number of nitrogens with zero attached hydrogens (tertiary/aromatic N) is 5. The fourth-order valence-electron chi connectivity index (χ4n) is 1.56. The third-order valence-corrected chi connectivity index (χ3v) is 3.51. The predicted molar refractivity (Wildman–Crippen MR) is 76.0 cm³/mol. The van der Waals surface area contributed by atoms with Gasteiger partial charge in [-0.15, -0.1) is 20.4 Å². The zero-order valence-electron chi connectivity index (χ0n) is 11.5. The van der Waals surface area contributed by atoms with Gasteiger partial charge in [0.2, 0.25) is 16.1 Å². The quantitative estimate of drug-likeness (QED) is 0.851. The van der Waals surface area contributed by atoms with Gasteiger partial charge in [0.05, 0.1) is 11.4 Å². The fraction of sp³-hybridized carbons (Fsp3) is 0.455. The Hall–Kier alpha value is -2.16. The van der Waals surface area contributed by atoms with E-state index in [-0.39, 0.29) is 11.0 Å². The number of aromatic nitrogens is 5. The van der Waals surface area contributed by atoms with E-state index in [2.05, 4.69) is 36.0 Å². The second kappa shape index (κ2) is 6.33. The van der Waals surface area contributed by atoms with Crippen molar-refractivity contribution in [2.45, 2.75) is 26.7 Å². The van der Waals surface area contributed by atoms with Crippen LogP contribution in [0.2, 0.25) is 0 Å². The Labute approximate surface area is 120 Å². The molecule has 0 aromatic carbocycles. The molecule has 2 aromatic heterocycles. The molecule has 2 heterocycles. The molecule has 0 bridgehead atoms. The van der Waals surface area contributed by atoms with Crippen LogP contribution in [0.4, 0.5) is 11.1 Å². The largest absolute Gasteiger partial charge is 0.363 e. The number of hydrogen-bond acceptors (Lipinski definition) is 8. The number of nitrogens with one attached hydrogen (secondary N) is 2. The first-order valence-corrected chi connectivity index (χ1v) is 7.04. The van der Waals surface area contributed by atoms with Gasteiger partial charge in [0.1, 0.15) is 0 Å². The first-order chi connectivity index (χ1) is 9.67. The molecule has 0 radical (unpaired) electrons. The minimum absolute atomic E-state index is 0.185. The highest BCUT2D eigenvalue weighted by Gasteiger charge is 2.15. The van der Waals surface area contributed by atoms with Crippen molar-refractivity contribution in [3.63, 3.8) is 0 Å². The zero-order chi connectivity index (χ0) is 14.5. The molecule has 0 atom stereocenters. The summed E-state index contributed by atoms with van der Waals surface area (Å²) < 4.78 is 0.